The molecule has 0 aromatic heterocycles. The number of nitrogens with one attached hydrogen (secondary N) is 2. The average molecular weight is 256 g/mol. The third-order valence-corrected chi connectivity index (χ3v) is 3.35. The third kappa shape index (κ3) is 3.03. The molecular weight excluding hydrogens is 236 g/mol. The summed E-state index contributed by atoms with van der Waals surface area (Å²) in [7, 11) is 0. The standard InChI is InChI=1S/C12H20N2O2S/c1-4-6-12(7-5-8(2)3)9(15)13-11(17)14-10(12)16/h8H,4-7H2,1-3H3,(H2,13,14,15,16,17). The zero-order valence-electron chi connectivity index (χ0n) is 10.6. The molecule has 1 fully saturated rings. The molecule has 2 amide bonds. The Kier molecular flexibility index (Phi) is 4.62. The fourth-order valence-electron chi connectivity index (χ4n) is 2.12. The van der Waals surface area contributed by atoms with Crippen molar-refractivity contribution in [2.75, 3.05) is 0 Å². The second-order valence-electron chi connectivity index (χ2n) is 5.00. The van der Waals surface area contributed by atoms with Crippen molar-refractivity contribution in [1.82, 2.24) is 10.6 Å². The minimum absolute atomic E-state index is 0.122. The van der Waals surface area contributed by atoms with E-state index < -0.39 is 5.41 Å². The molecule has 0 unspecified atom stereocenters. The summed E-state index contributed by atoms with van der Waals surface area (Å²) in [6.45, 7) is 6.15. The van der Waals surface area contributed by atoms with Crippen molar-refractivity contribution >= 4 is 29.1 Å². The lowest BCUT2D eigenvalue weighted by molar-refractivity contribution is -0.145. The number of hydrogen-bond donors (Lipinski definition) is 2. The Morgan fingerprint density at radius 2 is 1.71 bits per heavy atom. The smallest absolute Gasteiger partial charge is 0.241 e. The van der Waals surface area contributed by atoms with Gasteiger partial charge in [-0.3, -0.25) is 9.59 Å². The van der Waals surface area contributed by atoms with E-state index in [1.54, 1.807) is 0 Å². The van der Waals surface area contributed by atoms with Crippen molar-refractivity contribution in [1.29, 1.82) is 0 Å². The lowest BCUT2D eigenvalue weighted by atomic mass is 9.75. The maximum atomic E-state index is 12.1. The van der Waals surface area contributed by atoms with E-state index in [4.69, 9.17) is 12.2 Å². The highest BCUT2D eigenvalue weighted by Gasteiger charge is 2.47. The molecule has 1 aliphatic rings. The molecule has 96 valence electrons. The van der Waals surface area contributed by atoms with Gasteiger partial charge in [-0.25, -0.2) is 0 Å². The fourth-order valence-corrected chi connectivity index (χ4v) is 2.31. The molecule has 0 aromatic rings. The van der Waals surface area contributed by atoms with Crippen LogP contribution in [-0.2, 0) is 9.59 Å². The quantitative estimate of drug-likeness (QED) is 0.582. The Labute approximate surface area is 108 Å². The first-order chi connectivity index (χ1) is 7.92. The molecule has 0 atom stereocenters. The van der Waals surface area contributed by atoms with Crippen molar-refractivity contribution in [3.8, 4) is 0 Å². The van der Waals surface area contributed by atoms with Gasteiger partial charge in [-0.2, -0.15) is 0 Å². The first-order valence-corrected chi connectivity index (χ1v) is 6.50. The summed E-state index contributed by atoms with van der Waals surface area (Å²) in [5, 5.41) is 5.26. The number of carbonyl (C=O) groups is 2. The normalized spacial score (nSPS) is 19.2. The van der Waals surface area contributed by atoms with Crippen LogP contribution >= 0.6 is 12.2 Å². The SMILES string of the molecule is CCCC1(CCC(C)C)C(=O)NC(=S)NC1=O. The minimum atomic E-state index is -0.929. The second-order valence-corrected chi connectivity index (χ2v) is 5.41. The Morgan fingerprint density at radius 1 is 1.18 bits per heavy atom. The van der Waals surface area contributed by atoms with Gasteiger partial charge in [0.25, 0.3) is 0 Å². The van der Waals surface area contributed by atoms with Crippen LogP contribution in [0.15, 0.2) is 0 Å². The van der Waals surface area contributed by atoms with Gasteiger partial charge >= 0.3 is 0 Å². The van der Waals surface area contributed by atoms with Crippen LogP contribution in [0.5, 0.6) is 0 Å². The van der Waals surface area contributed by atoms with Crippen LogP contribution in [0.2, 0.25) is 0 Å². The molecule has 0 aromatic carbocycles. The lowest BCUT2D eigenvalue weighted by Gasteiger charge is -2.35. The number of hydrogen-bond acceptors (Lipinski definition) is 3. The lowest BCUT2D eigenvalue weighted by Crippen LogP contribution is -2.62. The highest BCUT2D eigenvalue weighted by atomic mass is 32.1. The molecule has 0 bridgehead atoms. The summed E-state index contributed by atoms with van der Waals surface area (Å²) in [5.74, 6) is -0.0132. The summed E-state index contributed by atoms with van der Waals surface area (Å²) >= 11 is 4.82. The van der Waals surface area contributed by atoms with Crippen LogP contribution in [0.3, 0.4) is 0 Å². The van der Waals surface area contributed by atoms with Gasteiger partial charge in [0, 0.05) is 0 Å². The van der Waals surface area contributed by atoms with Gasteiger partial charge in [-0.1, -0.05) is 27.2 Å². The Hall–Kier alpha value is -0.970. The molecule has 1 saturated heterocycles. The zero-order chi connectivity index (χ0) is 13.1. The summed E-state index contributed by atoms with van der Waals surface area (Å²) in [5.41, 5.74) is -0.929. The van der Waals surface area contributed by atoms with E-state index in [0.717, 1.165) is 12.8 Å². The topological polar surface area (TPSA) is 58.2 Å². The summed E-state index contributed by atoms with van der Waals surface area (Å²) in [6, 6.07) is 0. The van der Waals surface area contributed by atoms with Crippen LogP contribution in [0.1, 0.15) is 46.5 Å². The van der Waals surface area contributed by atoms with Gasteiger partial charge < -0.3 is 10.6 Å². The highest BCUT2D eigenvalue weighted by molar-refractivity contribution is 7.80. The monoisotopic (exact) mass is 256 g/mol. The van der Waals surface area contributed by atoms with Gasteiger partial charge in [-0.15, -0.1) is 0 Å². The molecule has 4 nitrogen and oxygen atoms in total. The van der Waals surface area contributed by atoms with E-state index in [-0.39, 0.29) is 16.9 Å². The first kappa shape index (κ1) is 14.1. The molecule has 1 rings (SSSR count). The van der Waals surface area contributed by atoms with E-state index in [9.17, 15) is 9.59 Å². The summed E-state index contributed by atoms with van der Waals surface area (Å²) < 4.78 is 0. The average Bonchev–Trinajstić information content (AvgIpc) is 2.21. The largest absolute Gasteiger partial charge is 0.302 e. The van der Waals surface area contributed by atoms with Gasteiger partial charge in [0.2, 0.25) is 11.8 Å². The van der Waals surface area contributed by atoms with Gasteiger partial charge in [0.1, 0.15) is 5.41 Å². The summed E-state index contributed by atoms with van der Waals surface area (Å²) in [6.07, 6.45) is 2.80. The van der Waals surface area contributed by atoms with Crippen molar-refractivity contribution in [3.05, 3.63) is 0 Å². The number of amides is 2. The van der Waals surface area contributed by atoms with Crippen molar-refractivity contribution in [2.24, 2.45) is 11.3 Å². The molecule has 2 N–H and O–H groups in total. The number of thiocarbonyl (C=S) groups is 1. The minimum Gasteiger partial charge on any atom is -0.302 e. The van der Waals surface area contributed by atoms with Crippen LogP contribution in [0, 0.1) is 11.3 Å². The molecule has 1 heterocycles. The predicted molar refractivity (Wildman–Crippen MR) is 70.3 cm³/mol. The molecular formula is C12H20N2O2S. The van der Waals surface area contributed by atoms with Crippen LogP contribution < -0.4 is 10.6 Å². The van der Waals surface area contributed by atoms with Crippen LogP contribution in [0.25, 0.3) is 0 Å². The highest BCUT2D eigenvalue weighted by Crippen LogP contribution is 2.33. The maximum absolute atomic E-state index is 12.1. The number of carbonyl (C=O) groups excluding carboxylic acids is 2. The molecule has 0 radical (unpaired) electrons. The Bertz CT molecular complexity index is 319. The third-order valence-electron chi connectivity index (χ3n) is 3.15. The maximum Gasteiger partial charge on any atom is 0.241 e. The van der Waals surface area contributed by atoms with Crippen LogP contribution in [-0.4, -0.2) is 16.9 Å². The van der Waals surface area contributed by atoms with Crippen LogP contribution in [0.4, 0.5) is 0 Å². The van der Waals surface area contributed by atoms with E-state index in [1.807, 2.05) is 6.92 Å². The van der Waals surface area contributed by atoms with E-state index in [1.165, 1.54) is 0 Å². The Morgan fingerprint density at radius 3 is 2.12 bits per heavy atom. The van der Waals surface area contributed by atoms with Gasteiger partial charge in [-0.05, 0) is 37.4 Å². The predicted octanol–water partition coefficient (Wildman–Crippen LogP) is 1.74. The van der Waals surface area contributed by atoms with E-state index in [0.29, 0.717) is 18.8 Å². The van der Waals surface area contributed by atoms with Crippen molar-refractivity contribution < 1.29 is 9.59 Å². The fraction of sp³-hybridized carbons (Fsp3) is 0.750. The zero-order valence-corrected chi connectivity index (χ0v) is 11.4. The second kappa shape index (κ2) is 5.58. The molecule has 1 aliphatic heterocycles. The van der Waals surface area contributed by atoms with E-state index in [2.05, 4.69) is 24.5 Å². The molecule has 0 saturated carbocycles. The summed E-state index contributed by atoms with van der Waals surface area (Å²) in [4.78, 5) is 24.2. The first-order valence-electron chi connectivity index (χ1n) is 6.09. The van der Waals surface area contributed by atoms with Crippen molar-refractivity contribution in [3.63, 3.8) is 0 Å². The van der Waals surface area contributed by atoms with Crippen molar-refractivity contribution in [2.45, 2.75) is 46.5 Å². The van der Waals surface area contributed by atoms with Gasteiger partial charge in [0.15, 0.2) is 5.11 Å². The number of rotatable bonds is 5. The van der Waals surface area contributed by atoms with Gasteiger partial charge in [0.05, 0.1) is 0 Å². The molecule has 0 aliphatic carbocycles. The Balaban J connectivity index is 2.91. The molecule has 17 heavy (non-hydrogen) atoms. The molecule has 5 heteroatoms. The molecule has 0 spiro atoms. The van der Waals surface area contributed by atoms with E-state index >= 15 is 0 Å².